The molecule has 2 rings (SSSR count). The Bertz CT molecular complexity index is 624. The molecule has 5 unspecified atom stereocenters. The lowest BCUT2D eigenvalue weighted by Gasteiger charge is -2.43. The lowest BCUT2D eigenvalue weighted by molar-refractivity contribution is -0.259. The highest BCUT2D eigenvalue weighted by atomic mass is 35.5. The Morgan fingerprint density at radius 2 is 1.81 bits per heavy atom. The monoisotopic (exact) mass is 387 g/mol. The summed E-state index contributed by atoms with van der Waals surface area (Å²) in [6, 6.07) is 5.92. The Labute approximate surface area is 156 Å². The fraction of sp³-hybridized carbons (Fsp3) is 0.529. The van der Waals surface area contributed by atoms with Crippen LogP contribution in [0.25, 0.3) is 0 Å². The van der Waals surface area contributed by atoms with Crippen LogP contribution in [-0.4, -0.2) is 56.3 Å². The first-order chi connectivity index (χ1) is 12.3. The van der Waals surface area contributed by atoms with Crippen LogP contribution in [0.5, 0.6) is 5.75 Å². The van der Waals surface area contributed by atoms with Crippen molar-refractivity contribution in [3.8, 4) is 5.75 Å². The van der Waals surface area contributed by atoms with Crippen molar-refractivity contribution in [3.05, 3.63) is 29.3 Å². The number of rotatable bonds is 6. The molecular formula is C17H22ClNO7. The molecule has 8 nitrogen and oxygen atoms in total. The molecule has 2 N–H and O–H groups in total. The maximum absolute atomic E-state index is 11.4. The van der Waals surface area contributed by atoms with Gasteiger partial charge in [-0.1, -0.05) is 11.6 Å². The van der Waals surface area contributed by atoms with Crippen molar-refractivity contribution in [1.82, 2.24) is 0 Å². The van der Waals surface area contributed by atoms with E-state index in [1.54, 1.807) is 24.3 Å². The van der Waals surface area contributed by atoms with Crippen molar-refractivity contribution in [2.24, 2.45) is 5.73 Å². The summed E-state index contributed by atoms with van der Waals surface area (Å²) in [6.45, 7) is 2.38. The van der Waals surface area contributed by atoms with Gasteiger partial charge in [-0.3, -0.25) is 9.59 Å². The van der Waals surface area contributed by atoms with E-state index in [1.807, 2.05) is 0 Å². The Hall–Kier alpha value is -1.87. The number of carbonyl (C=O) groups excluding carboxylic acids is 2. The summed E-state index contributed by atoms with van der Waals surface area (Å²) in [7, 11) is 1.45. The summed E-state index contributed by atoms with van der Waals surface area (Å²) in [4.78, 5) is 22.6. The van der Waals surface area contributed by atoms with Gasteiger partial charge < -0.3 is 29.4 Å². The Morgan fingerprint density at radius 1 is 1.15 bits per heavy atom. The fourth-order valence-electron chi connectivity index (χ4n) is 2.63. The van der Waals surface area contributed by atoms with Gasteiger partial charge in [-0.15, -0.1) is 0 Å². The lowest BCUT2D eigenvalue weighted by Crippen LogP contribution is -2.65. The summed E-state index contributed by atoms with van der Waals surface area (Å²) in [5.74, 6) is -0.535. The number of benzene rings is 1. The number of carbonyl (C=O) groups is 2. The molecule has 1 fully saturated rings. The number of methoxy groups -OCH3 is 1. The van der Waals surface area contributed by atoms with Crippen LogP contribution >= 0.6 is 11.6 Å². The van der Waals surface area contributed by atoms with Gasteiger partial charge in [-0.2, -0.15) is 0 Å². The zero-order chi connectivity index (χ0) is 19.3. The van der Waals surface area contributed by atoms with Gasteiger partial charge in [0.05, 0.1) is 6.04 Å². The SMILES string of the molecule is COC1C(Oc2ccc(Cl)cc2)OC(COC(C)=O)C(OC(C)=O)C1N. The minimum Gasteiger partial charge on any atom is -0.463 e. The van der Waals surface area contributed by atoms with Crippen LogP contribution in [0, 0.1) is 0 Å². The molecule has 1 saturated heterocycles. The number of halogens is 1. The molecule has 1 aliphatic rings. The molecule has 0 bridgehead atoms. The molecule has 9 heteroatoms. The zero-order valence-electron chi connectivity index (χ0n) is 14.7. The quantitative estimate of drug-likeness (QED) is 0.727. The topological polar surface area (TPSA) is 106 Å². The van der Waals surface area contributed by atoms with Gasteiger partial charge in [0, 0.05) is 26.0 Å². The second kappa shape index (κ2) is 9.18. The average Bonchev–Trinajstić information content (AvgIpc) is 2.57. The van der Waals surface area contributed by atoms with E-state index in [2.05, 4.69) is 0 Å². The third-order valence-corrected chi connectivity index (χ3v) is 4.05. The van der Waals surface area contributed by atoms with E-state index in [4.69, 9.17) is 41.0 Å². The van der Waals surface area contributed by atoms with Crippen LogP contribution < -0.4 is 10.5 Å². The van der Waals surface area contributed by atoms with Crippen molar-refractivity contribution >= 4 is 23.5 Å². The van der Waals surface area contributed by atoms with Gasteiger partial charge in [-0.05, 0) is 24.3 Å². The van der Waals surface area contributed by atoms with Crippen molar-refractivity contribution in [2.75, 3.05) is 13.7 Å². The van der Waals surface area contributed by atoms with Crippen LogP contribution in [0.1, 0.15) is 13.8 Å². The standard InChI is InChI=1S/C17H22ClNO7/c1-9(20)23-8-13-15(24-10(2)21)14(19)16(22-3)17(26-13)25-12-6-4-11(18)5-7-12/h4-7,13-17H,8,19H2,1-3H3. The third-order valence-electron chi connectivity index (χ3n) is 3.79. The molecule has 144 valence electrons. The molecule has 1 heterocycles. The smallest absolute Gasteiger partial charge is 0.303 e. The molecule has 0 spiro atoms. The van der Waals surface area contributed by atoms with E-state index in [0.717, 1.165) is 0 Å². The molecular weight excluding hydrogens is 366 g/mol. The van der Waals surface area contributed by atoms with Crippen LogP contribution in [0.3, 0.4) is 0 Å². The zero-order valence-corrected chi connectivity index (χ0v) is 15.5. The summed E-state index contributed by atoms with van der Waals surface area (Å²) >= 11 is 5.87. The maximum atomic E-state index is 11.4. The number of hydrogen-bond donors (Lipinski definition) is 1. The number of nitrogens with two attached hydrogens (primary N) is 1. The van der Waals surface area contributed by atoms with Gasteiger partial charge in [0.25, 0.3) is 0 Å². The molecule has 0 radical (unpaired) electrons. The maximum Gasteiger partial charge on any atom is 0.303 e. The molecule has 26 heavy (non-hydrogen) atoms. The normalized spacial score (nSPS) is 28.3. The molecule has 0 saturated carbocycles. The van der Waals surface area contributed by atoms with Crippen molar-refractivity contribution < 1.29 is 33.3 Å². The molecule has 0 aliphatic carbocycles. The molecule has 0 amide bonds. The summed E-state index contributed by atoms with van der Waals surface area (Å²) in [5, 5.41) is 0.560. The van der Waals surface area contributed by atoms with Crippen LogP contribution in [0.4, 0.5) is 0 Å². The fourth-order valence-corrected chi connectivity index (χ4v) is 2.76. The van der Waals surface area contributed by atoms with Gasteiger partial charge in [-0.25, -0.2) is 0 Å². The van der Waals surface area contributed by atoms with Gasteiger partial charge in [0.2, 0.25) is 6.29 Å². The van der Waals surface area contributed by atoms with E-state index in [1.165, 1.54) is 21.0 Å². The Balaban J connectivity index is 2.20. The van der Waals surface area contributed by atoms with Crippen molar-refractivity contribution in [2.45, 2.75) is 44.5 Å². The van der Waals surface area contributed by atoms with Crippen LogP contribution in [0.2, 0.25) is 5.02 Å². The van der Waals surface area contributed by atoms with E-state index in [9.17, 15) is 9.59 Å². The van der Waals surface area contributed by atoms with E-state index in [-0.39, 0.29) is 6.61 Å². The largest absolute Gasteiger partial charge is 0.463 e. The number of ether oxygens (including phenoxy) is 5. The first kappa shape index (κ1) is 20.4. The van der Waals surface area contributed by atoms with Crippen LogP contribution in [0.15, 0.2) is 24.3 Å². The minimum absolute atomic E-state index is 0.141. The number of esters is 2. The predicted molar refractivity (Wildman–Crippen MR) is 91.7 cm³/mol. The molecule has 1 aromatic rings. The minimum atomic E-state index is -0.899. The van der Waals surface area contributed by atoms with E-state index in [0.29, 0.717) is 10.8 Å². The highest BCUT2D eigenvalue weighted by molar-refractivity contribution is 6.30. The Kier molecular flexibility index (Phi) is 7.22. The second-order valence-corrected chi connectivity index (χ2v) is 6.21. The highest BCUT2D eigenvalue weighted by Crippen LogP contribution is 2.27. The van der Waals surface area contributed by atoms with E-state index >= 15 is 0 Å². The third kappa shape index (κ3) is 5.31. The van der Waals surface area contributed by atoms with E-state index < -0.39 is 42.6 Å². The van der Waals surface area contributed by atoms with Crippen molar-refractivity contribution in [3.63, 3.8) is 0 Å². The Morgan fingerprint density at radius 3 is 2.35 bits per heavy atom. The first-order valence-corrected chi connectivity index (χ1v) is 8.36. The molecule has 0 aromatic heterocycles. The van der Waals surface area contributed by atoms with Crippen molar-refractivity contribution in [1.29, 1.82) is 0 Å². The lowest BCUT2D eigenvalue weighted by atomic mass is 9.96. The molecule has 5 atom stereocenters. The highest BCUT2D eigenvalue weighted by Gasteiger charge is 2.48. The number of hydrogen-bond acceptors (Lipinski definition) is 8. The van der Waals surface area contributed by atoms with Gasteiger partial charge in [0.1, 0.15) is 30.7 Å². The van der Waals surface area contributed by atoms with Crippen LogP contribution in [-0.2, 0) is 28.5 Å². The summed E-state index contributed by atoms with van der Waals surface area (Å²) in [5.41, 5.74) is 6.22. The average molecular weight is 388 g/mol. The van der Waals surface area contributed by atoms with Gasteiger partial charge in [0.15, 0.2) is 0 Å². The first-order valence-electron chi connectivity index (χ1n) is 7.98. The summed E-state index contributed by atoms with van der Waals surface area (Å²) in [6.07, 6.45) is -3.28. The second-order valence-electron chi connectivity index (χ2n) is 5.77. The molecule has 1 aliphatic heterocycles. The molecule has 1 aromatic carbocycles. The predicted octanol–water partition coefficient (Wildman–Crippen LogP) is 1.28. The van der Waals surface area contributed by atoms with Gasteiger partial charge >= 0.3 is 11.9 Å². The summed E-state index contributed by atoms with van der Waals surface area (Å²) < 4.78 is 27.3.